The predicted octanol–water partition coefficient (Wildman–Crippen LogP) is 1.91. The number of fused-ring (bicyclic) bond motifs is 1. The second kappa shape index (κ2) is 10.3. The van der Waals surface area contributed by atoms with Crippen LogP contribution < -0.4 is 10.6 Å². The normalized spacial score (nSPS) is 20.3. The van der Waals surface area contributed by atoms with Crippen molar-refractivity contribution in [3.8, 4) is 0 Å². The Morgan fingerprint density at radius 1 is 1.39 bits per heavy atom. The summed E-state index contributed by atoms with van der Waals surface area (Å²) in [6.07, 6.45) is 1.93. The molecule has 0 aliphatic carbocycles. The fourth-order valence-electron chi connectivity index (χ4n) is 2.77. The molecule has 0 saturated carbocycles. The van der Waals surface area contributed by atoms with Gasteiger partial charge in [-0.3, -0.25) is 14.4 Å². The van der Waals surface area contributed by atoms with Gasteiger partial charge in [-0.2, -0.15) is 0 Å². The van der Waals surface area contributed by atoms with E-state index in [2.05, 4.69) is 20.8 Å². The second-order valence-corrected chi connectivity index (χ2v) is 10.9. The third kappa shape index (κ3) is 6.16. The van der Waals surface area contributed by atoms with Crippen LogP contribution in [-0.2, 0) is 28.8 Å². The Bertz CT molecular complexity index is 1040. The number of carbonyl (C=O) groups is 4. The third-order valence-electron chi connectivity index (χ3n) is 4.00. The SMILES string of the molecule is CC(C)(C)OC(=O)CON=C(C(=O)NC1C(=O)N2C=C(Cl)CS[C@@H]12)c1nc(NC=O)sc1Cl. The van der Waals surface area contributed by atoms with Crippen LogP contribution in [0.25, 0.3) is 0 Å². The summed E-state index contributed by atoms with van der Waals surface area (Å²) in [5.74, 6) is -1.35. The Balaban J connectivity index is 1.78. The van der Waals surface area contributed by atoms with E-state index in [9.17, 15) is 19.2 Å². The Labute approximate surface area is 206 Å². The van der Waals surface area contributed by atoms with E-state index in [1.165, 1.54) is 22.9 Å². The standard InChI is InChI=1S/C18H19Cl2N5O6S2/c1-18(2,3)31-9(27)5-30-24-11(10-13(20)33-17(23-10)21-7-26)14(28)22-12-15(29)25-4-8(19)6-32-16(12)25/h4,7,12,16H,5-6H2,1-3H3,(H,22,28)(H,21,23,26)/t12?,16-/m0/s1. The number of hydrogen-bond donors (Lipinski definition) is 2. The number of ether oxygens (including phenoxy) is 1. The van der Waals surface area contributed by atoms with Crippen LogP contribution >= 0.6 is 46.3 Å². The predicted molar refractivity (Wildman–Crippen MR) is 124 cm³/mol. The van der Waals surface area contributed by atoms with E-state index in [-0.39, 0.29) is 32.2 Å². The molecule has 1 unspecified atom stereocenters. The number of thioether (sulfide) groups is 1. The molecule has 0 spiro atoms. The molecule has 178 valence electrons. The highest BCUT2D eigenvalue weighted by atomic mass is 35.5. The van der Waals surface area contributed by atoms with Gasteiger partial charge in [0.05, 0.1) is 0 Å². The summed E-state index contributed by atoms with van der Waals surface area (Å²) in [4.78, 5) is 58.5. The Kier molecular flexibility index (Phi) is 7.88. The van der Waals surface area contributed by atoms with Crippen LogP contribution in [0.15, 0.2) is 16.4 Å². The number of nitrogens with zero attached hydrogens (tertiary/aromatic N) is 3. The fourth-order valence-corrected chi connectivity index (χ4v) is 5.17. The molecule has 2 atom stereocenters. The zero-order valence-electron chi connectivity index (χ0n) is 17.6. The van der Waals surface area contributed by atoms with Gasteiger partial charge in [-0.15, -0.1) is 11.8 Å². The van der Waals surface area contributed by atoms with Gasteiger partial charge in [0.1, 0.15) is 27.0 Å². The van der Waals surface area contributed by atoms with Crippen LogP contribution in [0.5, 0.6) is 0 Å². The lowest BCUT2D eigenvalue weighted by Crippen LogP contribution is -2.68. The van der Waals surface area contributed by atoms with Crippen molar-refractivity contribution < 1.29 is 28.8 Å². The van der Waals surface area contributed by atoms with Crippen molar-refractivity contribution >= 4 is 81.3 Å². The minimum absolute atomic E-state index is 0.0393. The van der Waals surface area contributed by atoms with Crippen molar-refractivity contribution in [2.75, 3.05) is 17.7 Å². The lowest BCUT2D eigenvalue weighted by atomic mass is 10.1. The first-order valence-electron chi connectivity index (χ1n) is 9.39. The highest BCUT2D eigenvalue weighted by Gasteiger charge is 2.49. The Morgan fingerprint density at radius 3 is 2.79 bits per heavy atom. The number of nitrogens with one attached hydrogen (secondary N) is 2. The van der Waals surface area contributed by atoms with Crippen LogP contribution in [0.2, 0.25) is 4.34 Å². The quantitative estimate of drug-likeness (QED) is 0.169. The number of oxime groups is 1. The van der Waals surface area contributed by atoms with Gasteiger partial charge in [-0.1, -0.05) is 39.7 Å². The number of halogens is 2. The van der Waals surface area contributed by atoms with Gasteiger partial charge < -0.3 is 25.1 Å². The number of carbonyl (C=O) groups excluding carboxylic acids is 4. The van der Waals surface area contributed by atoms with Gasteiger partial charge in [0.15, 0.2) is 10.8 Å². The van der Waals surface area contributed by atoms with Crippen molar-refractivity contribution in [2.45, 2.75) is 37.8 Å². The highest BCUT2D eigenvalue weighted by Crippen LogP contribution is 2.37. The molecule has 15 heteroatoms. The molecule has 0 aromatic carbocycles. The van der Waals surface area contributed by atoms with Crippen molar-refractivity contribution in [1.29, 1.82) is 0 Å². The first kappa shape index (κ1) is 25.3. The van der Waals surface area contributed by atoms with Gasteiger partial charge in [0, 0.05) is 17.0 Å². The zero-order chi connectivity index (χ0) is 24.3. The van der Waals surface area contributed by atoms with E-state index in [0.29, 0.717) is 17.2 Å². The van der Waals surface area contributed by atoms with Crippen LogP contribution in [-0.4, -0.2) is 69.2 Å². The summed E-state index contributed by atoms with van der Waals surface area (Å²) >= 11 is 14.4. The molecule has 3 heterocycles. The monoisotopic (exact) mass is 535 g/mol. The van der Waals surface area contributed by atoms with E-state index in [0.717, 1.165) is 11.3 Å². The van der Waals surface area contributed by atoms with Gasteiger partial charge in [-0.25, -0.2) is 9.78 Å². The number of amides is 3. The number of rotatable bonds is 8. The summed E-state index contributed by atoms with van der Waals surface area (Å²) in [7, 11) is 0. The lowest BCUT2D eigenvalue weighted by molar-refractivity contribution is -0.160. The molecular formula is C18H19Cl2N5O6S2. The molecule has 1 fully saturated rings. The maximum Gasteiger partial charge on any atom is 0.347 e. The van der Waals surface area contributed by atoms with Crippen molar-refractivity contribution in [1.82, 2.24) is 15.2 Å². The molecule has 1 aromatic rings. The van der Waals surface area contributed by atoms with Crippen LogP contribution in [0.1, 0.15) is 26.5 Å². The summed E-state index contributed by atoms with van der Waals surface area (Å²) < 4.78 is 5.17. The molecule has 2 aliphatic rings. The fraction of sp³-hybridized carbons (Fsp3) is 0.444. The van der Waals surface area contributed by atoms with E-state index < -0.39 is 30.1 Å². The average Bonchev–Trinajstić information content (AvgIpc) is 3.08. The number of β-lactam (4-membered cyclic amide) rings is 1. The highest BCUT2D eigenvalue weighted by molar-refractivity contribution is 8.00. The minimum atomic E-state index is -0.829. The van der Waals surface area contributed by atoms with Crippen molar-refractivity contribution in [3.05, 3.63) is 21.3 Å². The summed E-state index contributed by atoms with van der Waals surface area (Å²) in [5.41, 5.74) is -1.20. The molecule has 1 saturated heterocycles. The molecule has 2 aliphatic heterocycles. The summed E-state index contributed by atoms with van der Waals surface area (Å²) in [6.45, 7) is 4.49. The second-order valence-electron chi connectivity index (χ2n) is 7.68. The number of esters is 1. The lowest BCUT2D eigenvalue weighted by Gasteiger charge is -2.46. The van der Waals surface area contributed by atoms with Gasteiger partial charge in [0.2, 0.25) is 13.0 Å². The molecule has 33 heavy (non-hydrogen) atoms. The largest absolute Gasteiger partial charge is 0.457 e. The van der Waals surface area contributed by atoms with Crippen molar-refractivity contribution in [2.24, 2.45) is 5.16 Å². The zero-order valence-corrected chi connectivity index (χ0v) is 20.7. The van der Waals surface area contributed by atoms with E-state index in [1.807, 2.05) is 0 Å². The first-order valence-corrected chi connectivity index (χ1v) is 12.0. The maximum absolute atomic E-state index is 13.0. The van der Waals surface area contributed by atoms with Crippen molar-refractivity contribution in [3.63, 3.8) is 0 Å². The molecule has 11 nitrogen and oxygen atoms in total. The Hall–Kier alpha value is -2.35. The molecular weight excluding hydrogens is 517 g/mol. The van der Waals surface area contributed by atoms with Crippen LogP contribution in [0.3, 0.4) is 0 Å². The van der Waals surface area contributed by atoms with Crippen LogP contribution in [0, 0.1) is 0 Å². The van der Waals surface area contributed by atoms with Gasteiger partial charge in [0.25, 0.3) is 11.8 Å². The van der Waals surface area contributed by atoms with E-state index >= 15 is 0 Å². The number of aromatic nitrogens is 1. The number of hydrogen-bond acceptors (Lipinski definition) is 10. The van der Waals surface area contributed by atoms with E-state index in [1.54, 1.807) is 20.8 Å². The summed E-state index contributed by atoms with van der Waals surface area (Å²) in [6, 6.07) is -0.829. The van der Waals surface area contributed by atoms with Crippen LogP contribution in [0.4, 0.5) is 5.13 Å². The topological polar surface area (TPSA) is 139 Å². The molecule has 3 rings (SSSR count). The minimum Gasteiger partial charge on any atom is -0.457 e. The molecule has 0 bridgehead atoms. The molecule has 2 N–H and O–H groups in total. The Morgan fingerprint density at radius 2 is 2.12 bits per heavy atom. The molecule has 0 radical (unpaired) electrons. The van der Waals surface area contributed by atoms with Gasteiger partial charge >= 0.3 is 5.97 Å². The third-order valence-corrected chi connectivity index (χ3v) is 6.90. The maximum atomic E-state index is 13.0. The molecule has 1 aromatic heterocycles. The number of thiazole rings is 1. The smallest absolute Gasteiger partial charge is 0.347 e. The van der Waals surface area contributed by atoms with E-state index in [4.69, 9.17) is 32.8 Å². The molecule has 3 amide bonds. The summed E-state index contributed by atoms with van der Waals surface area (Å²) in [5, 5.41) is 8.97. The first-order chi connectivity index (χ1) is 15.5. The number of anilines is 1. The van der Waals surface area contributed by atoms with Gasteiger partial charge in [-0.05, 0) is 20.8 Å². The average molecular weight is 536 g/mol.